The molecule has 0 fully saturated rings. The van der Waals surface area contributed by atoms with Crippen molar-refractivity contribution in [3.63, 3.8) is 0 Å². The lowest BCUT2D eigenvalue weighted by Crippen LogP contribution is -2.31. The Balaban J connectivity index is 1.79. The molecule has 0 saturated heterocycles. The number of aromatic nitrogens is 1. The van der Waals surface area contributed by atoms with Crippen molar-refractivity contribution in [1.82, 2.24) is 10.5 Å². The Hall–Kier alpha value is -3.62. The zero-order chi connectivity index (χ0) is 24.4. The monoisotopic (exact) mass is 459 g/mol. The van der Waals surface area contributed by atoms with Crippen LogP contribution < -0.4 is 10.6 Å². The van der Waals surface area contributed by atoms with Crippen LogP contribution in [0.1, 0.15) is 52.8 Å². The molecule has 0 aliphatic heterocycles. The third-order valence-corrected chi connectivity index (χ3v) is 4.74. The van der Waals surface area contributed by atoms with E-state index in [4.69, 9.17) is 4.52 Å². The summed E-state index contributed by atoms with van der Waals surface area (Å²) in [6.45, 7) is 8.24. The maximum absolute atomic E-state index is 12.9. The lowest BCUT2D eigenvalue weighted by atomic mass is 9.97. The molecule has 6 nitrogen and oxygen atoms in total. The van der Waals surface area contributed by atoms with Gasteiger partial charge in [0.25, 0.3) is 11.8 Å². The van der Waals surface area contributed by atoms with Crippen molar-refractivity contribution in [2.75, 3.05) is 11.9 Å². The molecule has 2 N–H and O–H groups in total. The highest BCUT2D eigenvalue weighted by atomic mass is 19.4. The summed E-state index contributed by atoms with van der Waals surface area (Å²) in [5.41, 5.74) is 1.05. The van der Waals surface area contributed by atoms with Crippen molar-refractivity contribution in [3.8, 4) is 11.3 Å². The predicted octanol–water partition coefficient (Wildman–Crippen LogP) is 5.70. The molecule has 0 atom stereocenters. The Bertz CT molecular complexity index is 1180. The number of carbonyl (C=O) groups is 2. The first-order valence-electron chi connectivity index (χ1n) is 10.2. The van der Waals surface area contributed by atoms with E-state index < -0.39 is 23.6 Å². The van der Waals surface area contributed by atoms with Gasteiger partial charge < -0.3 is 15.2 Å². The fourth-order valence-corrected chi connectivity index (χ4v) is 2.96. The molecule has 1 heterocycles. The van der Waals surface area contributed by atoms with E-state index in [0.29, 0.717) is 23.5 Å². The number of hydrogen-bond acceptors (Lipinski definition) is 4. The summed E-state index contributed by atoms with van der Waals surface area (Å²) in [4.78, 5) is 24.8. The fraction of sp³-hybridized carbons (Fsp3) is 0.292. The van der Waals surface area contributed by atoms with Crippen LogP contribution in [0.3, 0.4) is 0 Å². The van der Waals surface area contributed by atoms with Gasteiger partial charge >= 0.3 is 6.18 Å². The zero-order valence-electron chi connectivity index (χ0n) is 18.6. The minimum Gasteiger partial charge on any atom is -0.350 e. The van der Waals surface area contributed by atoms with E-state index in [1.54, 1.807) is 18.2 Å². The number of benzene rings is 2. The second kappa shape index (κ2) is 9.09. The molecule has 0 aliphatic rings. The summed E-state index contributed by atoms with van der Waals surface area (Å²) in [6.07, 6.45) is -4.54. The Kier molecular flexibility index (Phi) is 6.62. The number of amides is 2. The van der Waals surface area contributed by atoms with E-state index in [1.165, 1.54) is 18.2 Å². The van der Waals surface area contributed by atoms with Gasteiger partial charge in [-0.15, -0.1) is 0 Å². The van der Waals surface area contributed by atoms with E-state index in [2.05, 4.69) is 15.8 Å². The Morgan fingerprint density at radius 3 is 2.39 bits per heavy atom. The van der Waals surface area contributed by atoms with Crippen molar-refractivity contribution in [3.05, 3.63) is 71.0 Å². The zero-order valence-corrected chi connectivity index (χ0v) is 18.6. The van der Waals surface area contributed by atoms with Crippen LogP contribution in [0, 0.1) is 12.3 Å². The second-order valence-corrected chi connectivity index (χ2v) is 8.88. The van der Waals surface area contributed by atoms with E-state index in [0.717, 1.165) is 17.7 Å². The van der Waals surface area contributed by atoms with Crippen LogP contribution in [-0.4, -0.2) is 23.5 Å². The number of anilines is 1. The van der Waals surface area contributed by atoms with Gasteiger partial charge in [0.15, 0.2) is 0 Å². The standard InChI is InChI=1S/C24H24F3N3O3/c1-14-8-9-17(29-21(31)15-6-5-7-16(10-15)24(25,26)27)11-18(14)19-12-20(33-30-19)22(32)28-13-23(2,3)4/h5-12H,13H2,1-4H3,(H,28,32)(H,29,31). The highest BCUT2D eigenvalue weighted by Gasteiger charge is 2.31. The molecule has 0 bridgehead atoms. The number of alkyl halides is 3. The molecule has 3 rings (SSSR count). The third kappa shape index (κ3) is 6.21. The van der Waals surface area contributed by atoms with Crippen molar-refractivity contribution in [2.45, 2.75) is 33.9 Å². The van der Waals surface area contributed by atoms with Gasteiger partial charge in [0.05, 0.1) is 5.56 Å². The molecular formula is C24H24F3N3O3. The van der Waals surface area contributed by atoms with Gasteiger partial charge in [0.2, 0.25) is 5.76 Å². The summed E-state index contributed by atoms with van der Waals surface area (Å²) in [7, 11) is 0. The van der Waals surface area contributed by atoms with Gasteiger partial charge in [-0.3, -0.25) is 9.59 Å². The van der Waals surface area contributed by atoms with Crippen LogP contribution in [-0.2, 0) is 6.18 Å². The number of rotatable bonds is 5. The first-order chi connectivity index (χ1) is 15.3. The maximum atomic E-state index is 12.9. The Labute approximate surface area is 189 Å². The van der Waals surface area contributed by atoms with Crippen molar-refractivity contribution < 1.29 is 27.3 Å². The normalized spacial score (nSPS) is 11.8. The molecule has 9 heteroatoms. The van der Waals surface area contributed by atoms with Crippen LogP contribution >= 0.6 is 0 Å². The highest BCUT2D eigenvalue weighted by Crippen LogP contribution is 2.30. The van der Waals surface area contributed by atoms with Gasteiger partial charge in [-0.05, 0) is 48.2 Å². The quantitative estimate of drug-likeness (QED) is 0.513. The lowest BCUT2D eigenvalue weighted by molar-refractivity contribution is -0.137. The number of carbonyl (C=O) groups excluding carboxylic acids is 2. The van der Waals surface area contributed by atoms with Crippen LogP contribution in [0.5, 0.6) is 0 Å². The average Bonchev–Trinajstić information content (AvgIpc) is 3.22. The first kappa shape index (κ1) is 24.0. The van der Waals surface area contributed by atoms with Crippen molar-refractivity contribution >= 4 is 17.5 Å². The van der Waals surface area contributed by atoms with Gasteiger partial charge in [-0.1, -0.05) is 38.1 Å². The predicted molar refractivity (Wildman–Crippen MR) is 118 cm³/mol. The minimum absolute atomic E-state index is 0.0482. The molecule has 174 valence electrons. The van der Waals surface area contributed by atoms with E-state index in [9.17, 15) is 22.8 Å². The van der Waals surface area contributed by atoms with Crippen molar-refractivity contribution in [2.24, 2.45) is 5.41 Å². The van der Waals surface area contributed by atoms with Crippen molar-refractivity contribution in [1.29, 1.82) is 0 Å². The van der Waals surface area contributed by atoms with Crippen LogP contribution in [0.4, 0.5) is 18.9 Å². The largest absolute Gasteiger partial charge is 0.416 e. The molecule has 0 radical (unpaired) electrons. The molecule has 3 aromatic rings. The van der Waals surface area contributed by atoms with Gasteiger partial charge in [0, 0.05) is 29.4 Å². The maximum Gasteiger partial charge on any atom is 0.416 e. The Morgan fingerprint density at radius 1 is 1.00 bits per heavy atom. The Morgan fingerprint density at radius 2 is 1.73 bits per heavy atom. The van der Waals surface area contributed by atoms with Crippen LogP contribution in [0.2, 0.25) is 0 Å². The number of nitrogens with zero attached hydrogens (tertiary/aromatic N) is 1. The summed E-state index contributed by atoms with van der Waals surface area (Å²) in [5, 5.41) is 9.33. The van der Waals surface area contributed by atoms with Crippen LogP contribution in [0.15, 0.2) is 53.1 Å². The number of hydrogen-bond donors (Lipinski definition) is 2. The molecule has 1 aromatic heterocycles. The average molecular weight is 459 g/mol. The van der Waals surface area contributed by atoms with Gasteiger partial charge in [-0.2, -0.15) is 13.2 Å². The first-order valence-corrected chi connectivity index (χ1v) is 10.2. The molecule has 2 amide bonds. The number of halogens is 3. The topological polar surface area (TPSA) is 84.2 Å². The molecule has 33 heavy (non-hydrogen) atoms. The highest BCUT2D eigenvalue weighted by molar-refractivity contribution is 6.04. The molecule has 0 unspecified atom stereocenters. The molecule has 0 spiro atoms. The molecule has 2 aromatic carbocycles. The second-order valence-electron chi connectivity index (χ2n) is 8.88. The number of aryl methyl sites for hydroxylation is 1. The summed E-state index contributed by atoms with van der Waals surface area (Å²) in [5.74, 6) is -1.03. The van der Waals surface area contributed by atoms with E-state index >= 15 is 0 Å². The minimum atomic E-state index is -4.54. The lowest BCUT2D eigenvalue weighted by Gasteiger charge is -2.17. The fourth-order valence-electron chi connectivity index (χ4n) is 2.96. The molecular weight excluding hydrogens is 435 g/mol. The van der Waals surface area contributed by atoms with Gasteiger partial charge in [0.1, 0.15) is 5.69 Å². The third-order valence-electron chi connectivity index (χ3n) is 4.74. The smallest absolute Gasteiger partial charge is 0.350 e. The van der Waals surface area contributed by atoms with Crippen LogP contribution in [0.25, 0.3) is 11.3 Å². The summed E-state index contributed by atoms with van der Waals surface area (Å²) >= 11 is 0. The van der Waals surface area contributed by atoms with Gasteiger partial charge in [-0.25, -0.2) is 0 Å². The molecule has 0 saturated carbocycles. The number of nitrogens with one attached hydrogen (secondary N) is 2. The van der Waals surface area contributed by atoms with E-state index in [1.807, 2.05) is 27.7 Å². The summed E-state index contributed by atoms with van der Waals surface area (Å²) in [6, 6.07) is 10.7. The molecule has 0 aliphatic carbocycles. The van der Waals surface area contributed by atoms with E-state index in [-0.39, 0.29) is 16.7 Å². The SMILES string of the molecule is Cc1ccc(NC(=O)c2cccc(C(F)(F)F)c2)cc1-c1cc(C(=O)NCC(C)(C)C)on1. The summed E-state index contributed by atoms with van der Waals surface area (Å²) < 4.78 is 44.0.